The average molecular weight is 461 g/mol. The summed E-state index contributed by atoms with van der Waals surface area (Å²) in [6, 6.07) is 11.8. The van der Waals surface area contributed by atoms with Crippen molar-refractivity contribution in [1.29, 1.82) is 0 Å². The van der Waals surface area contributed by atoms with Crippen molar-refractivity contribution in [1.82, 2.24) is 24.5 Å². The Morgan fingerprint density at radius 2 is 1.91 bits per heavy atom. The van der Waals surface area contributed by atoms with Gasteiger partial charge < -0.3 is 21.1 Å². The highest BCUT2D eigenvalue weighted by molar-refractivity contribution is 6.36. The van der Waals surface area contributed by atoms with Crippen LogP contribution in [0.25, 0.3) is 27.6 Å². The van der Waals surface area contributed by atoms with Crippen molar-refractivity contribution < 1.29 is 4.74 Å². The Bertz CT molecular complexity index is 1480. The standard InChI is InChI=1S/C23H21ClN8O/c1-26-19-6-4-13-3-5-16(8-18(13)31-19)33-11-14-7-15(9-28-22(14)27-2)32-10-17(24)20-21(25)29-12-30-23(20)32/h3-10,12H,11H2,1-2H3,(H,26,31)(H,27,28)(H2,25,29,30). The Morgan fingerprint density at radius 3 is 2.73 bits per heavy atom. The fourth-order valence-electron chi connectivity index (χ4n) is 3.69. The van der Waals surface area contributed by atoms with E-state index in [1.807, 2.05) is 55.1 Å². The molecule has 4 aromatic heterocycles. The first-order chi connectivity index (χ1) is 16.1. The van der Waals surface area contributed by atoms with Gasteiger partial charge in [0.05, 0.1) is 27.8 Å². The first-order valence-electron chi connectivity index (χ1n) is 10.2. The summed E-state index contributed by atoms with van der Waals surface area (Å²) in [6.45, 7) is 0.304. The van der Waals surface area contributed by atoms with E-state index in [-0.39, 0.29) is 0 Å². The molecular formula is C23H21ClN8O. The smallest absolute Gasteiger partial charge is 0.151 e. The first-order valence-corrected chi connectivity index (χ1v) is 10.6. The lowest BCUT2D eigenvalue weighted by atomic mass is 10.2. The van der Waals surface area contributed by atoms with E-state index in [9.17, 15) is 0 Å². The van der Waals surface area contributed by atoms with Gasteiger partial charge >= 0.3 is 0 Å². The zero-order chi connectivity index (χ0) is 22.9. The lowest BCUT2D eigenvalue weighted by molar-refractivity contribution is 0.307. The highest BCUT2D eigenvalue weighted by Crippen LogP contribution is 2.31. The molecule has 0 aliphatic heterocycles. The average Bonchev–Trinajstić information content (AvgIpc) is 3.19. The zero-order valence-electron chi connectivity index (χ0n) is 18.0. The number of rotatable bonds is 6. The Balaban J connectivity index is 1.47. The molecule has 0 atom stereocenters. The Kier molecular flexibility index (Phi) is 5.31. The summed E-state index contributed by atoms with van der Waals surface area (Å²) in [4.78, 5) is 17.5. The minimum Gasteiger partial charge on any atom is -0.489 e. The van der Waals surface area contributed by atoms with Crippen molar-refractivity contribution in [3.8, 4) is 11.4 Å². The third-order valence-corrected chi connectivity index (χ3v) is 5.63. The number of anilines is 3. The topological polar surface area (TPSA) is 116 Å². The molecule has 0 bridgehead atoms. The molecule has 4 N–H and O–H groups in total. The molecular weight excluding hydrogens is 440 g/mol. The number of pyridine rings is 2. The minimum atomic E-state index is 0.304. The second-order valence-electron chi connectivity index (χ2n) is 7.35. The minimum absolute atomic E-state index is 0.304. The van der Waals surface area contributed by atoms with Crippen LogP contribution in [0.4, 0.5) is 17.5 Å². The second kappa shape index (κ2) is 8.44. The van der Waals surface area contributed by atoms with Crippen molar-refractivity contribution >= 4 is 51.0 Å². The monoisotopic (exact) mass is 460 g/mol. The fourth-order valence-corrected chi connectivity index (χ4v) is 3.97. The highest BCUT2D eigenvalue weighted by Gasteiger charge is 2.15. The van der Waals surface area contributed by atoms with Crippen LogP contribution < -0.4 is 21.1 Å². The summed E-state index contributed by atoms with van der Waals surface area (Å²) < 4.78 is 7.94. The van der Waals surface area contributed by atoms with Gasteiger partial charge in [-0.05, 0) is 30.3 Å². The molecule has 0 spiro atoms. The number of nitrogens with one attached hydrogen (secondary N) is 2. The van der Waals surface area contributed by atoms with Crippen LogP contribution in [0.5, 0.6) is 5.75 Å². The number of halogens is 1. The maximum Gasteiger partial charge on any atom is 0.151 e. The Morgan fingerprint density at radius 1 is 1.06 bits per heavy atom. The van der Waals surface area contributed by atoms with E-state index < -0.39 is 0 Å². The van der Waals surface area contributed by atoms with Gasteiger partial charge in [-0.2, -0.15) is 0 Å². The summed E-state index contributed by atoms with van der Waals surface area (Å²) in [5.74, 6) is 2.56. The Hall–Kier alpha value is -4.11. The van der Waals surface area contributed by atoms with Gasteiger partial charge in [0.15, 0.2) is 5.65 Å². The number of fused-ring (bicyclic) bond motifs is 2. The summed E-state index contributed by atoms with van der Waals surface area (Å²) in [7, 11) is 3.66. The zero-order valence-corrected chi connectivity index (χ0v) is 18.8. The highest BCUT2D eigenvalue weighted by atomic mass is 35.5. The first kappa shape index (κ1) is 20.8. The molecule has 0 aliphatic rings. The molecule has 9 nitrogen and oxygen atoms in total. The van der Waals surface area contributed by atoms with Crippen LogP contribution in [0, 0.1) is 0 Å². The van der Waals surface area contributed by atoms with Crippen LogP contribution in [-0.2, 0) is 6.61 Å². The van der Waals surface area contributed by atoms with Gasteiger partial charge in [-0.25, -0.2) is 19.9 Å². The predicted octanol–water partition coefficient (Wildman–Crippen LogP) is 4.26. The molecule has 0 saturated carbocycles. The van der Waals surface area contributed by atoms with Gasteiger partial charge in [0.1, 0.15) is 36.1 Å². The van der Waals surface area contributed by atoms with Crippen molar-refractivity contribution in [3.05, 3.63) is 65.7 Å². The number of nitrogen functional groups attached to an aromatic ring is 1. The molecule has 33 heavy (non-hydrogen) atoms. The largest absolute Gasteiger partial charge is 0.489 e. The van der Waals surface area contributed by atoms with Crippen molar-refractivity contribution in [2.45, 2.75) is 6.61 Å². The van der Waals surface area contributed by atoms with E-state index >= 15 is 0 Å². The van der Waals surface area contributed by atoms with E-state index in [2.05, 4.69) is 30.6 Å². The molecule has 0 aliphatic carbocycles. The molecule has 5 rings (SSSR count). The van der Waals surface area contributed by atoms with E-state index in [4.69, 9.17) is 22.1 Å². The number of hydrogen-bond donors (Lipinski definition) is 3. The quantitative estimate of drug-likeness (QED) is 0.344. The molecule has 0 saturated heterocycles. The molecule has 0 fully saturated rings. The van der Waals surface area contributed by atoms with E-state index in [1.165, 1.54) is 6.33 Å². The van der Waals surface area contributed by atoms with Gasteiger partial charge in [0.2, 0.25) is 0 Å². The van der Waals surface area contributed by atoms with Crippen molar-refractivity contribution in [3.63, 3.8) is 0 Å². The summed E-state index contributed by atoms with van der Waals surface area (Å²) in [5.41, 5.74) is 9.10. The van der Waals surface area contributed by atoms with E-state index in [0.29, 0.717) is 40.0 Å². The number of benzene rings is 1. The van der Waals surface area contributed by atoms with Crippen LogP contribution in [0.2, 0.25) is 5.02 Å². The van der Waals surface area contributed by atoms with E-state index in [1.54, 1.807) is 12.4 Å². The summed E-state index contributed by atoms with van der Waals surface area (Å²) in [6.07, 6.45) is 4.91. The second-order valence-corrected chi connectivity index (χ2v) is 7.75. The molecule has 5 aromatic rings. The van der Waals surface area contributed by atoms with E-state index in [0.717, 1.165) is 28.0 Å². The summed E-state index contributed by atoms with van der Waals surface area (Å²) in [5, 5.41) is 8.29. The molecule has 1 aromatic carbocycles. The third-order valence-electron chi connectivity index (χ3n) is 5.35. The van der Waals surface area contributed by atoms with Gasteiger partial charge in [0, 0.05) is 37.3 Å². The SMILES string of the molecule is CNc1ccc2ccc(OCc3cc(-n4cc(Cl)c5c(N)ncnc54)cnc3NC)cc2n1. The van der Waals surface area contributed by atoms with Crippen LogP contribution in [-0.4, -0.2) is 38.6 Å². The molecule has 0 amide bonds. The molecule has 166 valence electrons. The van der Waals surface area contributed by atoms with Gasteiger partial charge in [-0.1, -0.05) is 11.6 Å². The molecule has 4 heterocycles. The van der Waals surface area contributed by atoms with Crippen LogP contribution in [0.1, 0.15) is 5.56 Å². The normalized spacial score (nSPS) is 11.1. The number of nitrogens with zero attached hydrogens (tertiary/aromatic N) is 5. The maximum atomic E-state index is 6.39. The Labute approximate surface area is 194 Å². The summed E-state index contributed by atoms with van der Waals surface area (Å²) >= 11 is 6.39. The number of hydrogen-bond acceptors (Lipinski definition) is 8. The predicted molar refractivity (Wildman–Crippen MR) is 131 cm³/mol. The molecule has 10 heteroatoms. The van der Waals surface area contributed by atoms with Gasteiger partial charge in [-0.3, -0.25) is 4.57 Å². The lowest BCUT2D eigenvalue weighted by Gasteiger charge is -2.13. The fraction of sp³-hybridized carbons (Fsp3) is 0.130. The van der Waals surface area contributed by atoms with Crippen molar-refractivity contribution in [2.75, 3.05) is 30.5 Å². The van der Waals surface area contributed by atoms with Crippen molar-refractivity contribution in [2.24, 2.45) is 0 Å². The van der Waals surface area contributed by atoms with Crippen LogP contribution in [0.3, 0.4) is 0 Å². The van der Waals surface area contributed by atoms with Crippen LogP contribution in [0.15, 0.2) is 55.1 Å². The number of ether oxygens (including phenoxy) is 1. The molecule has 0 unspecified atom stereocenters. The third kappa shape index (κ3) is 3.83. The van der Waals surface area contributed by atoms with Gasteiger partial charge in [0.25, 0.3) is 0 Å². The number of aromatic nitrogens is 5. The van der Waals surface area contributed by atoms with Gasteiger partial charge in [-0.15, -0.1) is 0 Å². The maximum absolute atomic E-state index is 6.39. The lowest BCUT2D eigenvalue weighted by Crippen LogP contribution is -2.05. The number of nitrogens with two attached hydrogens (primary N) is 1. The van der Waals surface area contributed by atoms with Crippen LogP contribution >= 0.6 is 11.6 Å². The molecule has 0 radical (unpaired) electrons.